The molecule has 106 valence electrons. The lowest BCUT2D eigenvalue weighted by Gasteiger charge is -2.09. The molecule has 2 nitrogen and oxygen atoms in total. The van der Waals surface area contributed by atoms with Gasteiger partial charge in [0.15, 0.2) is 0 Å². The van der Waals surface area contributed by atoms with Crippen LogP contribution in [0.4, 0.5) is 13.2 Å². The molecule has 1 aromatic carbocycles. The normalized spacial score (nSPS) is 11.4. The van der Waals surface area contributed by atoms with Crippen molar-refractivity contribution in [2.24, 2.45) is 0 Å². The number of carbonyl (C=O) groups excluding carboxylic acids is 1. The summed E-state index contributed by atoms with van der Waals surface area (Å²) in [6.07, 6.45) is -4.37. The van der Waals surface area contributed by atoms with E-state index < -0.39 is 11.7 Å². The van der Waals surface area contributed by atoms with Crippen molar-refractivity contribution in [3.05, 3.63) is 57.3 Å². The van der Waals surface area contributed by atoms with Crippen LogP contribution in [-0.2, 0) is 12.7 Å². The molecule has 0 aliphatic carbocycles. The van der Waals surface area contributed by atoms with Gasteiger partial charge in [-0.2, -0.15) is 13.2 Å². The highest BCUT2D eigenvalue weighted by Crippen LogP contribution is 2.29. The quantitative estimate of drug-likeness (QED) is 0.911. The van der Waals surface area contributed by atoms with Gasteiger partial charge in [0.1, 0.15) is 0 Å². The number of benzene rings is 1. The number of hydrogen-bond acceptors (Lipinski definition) is 2. The molecule has 0 saturated carbocycles. The van der Waals surface area contributed by atoms with Crippen LogP contribution in [0, 0.1) is 6.92 Å². The van der Waals surface area contributed by atoms with Gasteiger partial charge in [-0.3, -0.25) is 4.79 Å². The minimum absolute atomic E-state index is 0.0695. The molecule has 0 fully saturated rings. The molecule has 1 amide bonds. The van der Waals surface area contributed by atoms with E-state index >= 15 is 0 Å². The summed E-state index contributed by atoms with van der Waals surface area (Å²) in [5.74, 6) is -0.269. The SMILES string of the molecule is Cc1ccsc1C(=O)NCc1cccc(C(F)(F)F)c1. The number of carbonyl (C=O) groups is 1. The molecule has 0 radical (unpaired) electrons. The Labute approximate surface area is 118 Å². The summed E-state index contributed by atoms with van der Waals surface area (Å²) in [6.45, 7) is 1.88. The van der Waals surface area contributed by atoms with Crippen LogP contribution < -0.4 is 5.32 Å². The van der Waals surface area contributed by atoms with Crippen LogP contribution in [0.5, 0.6) is 0 Å². The molecule has 1 heterocycles. The predicted molar refractivity (Wildman–Crippen MR) is 71.7 cm³/mol. The number of rotatable bonds is 3. The van der Waals surface area contributed by atoms with Crippen molar-refractivity contribution >= 4 is 17.2 Å². The van der Waals surface area contributed by atoms with Gasteiger partial charge in [-0.05, 0) is 41.6 Å². The number of thiophene rings is 1. The minimum atomic E-state index is -4.37. The van der Waals surface area contributed by atoms with Crippen LogP contribution in [0.25, 0.3) is 0 Å². The van der Waals surface area contributed by atoms with Crippen LogP contribution in [0.15, 0.2) is 35.7 Å². The van der Waals surface area contributed by atoms with E-state index in [0.717, 1.165) is 17.7 Å². The van der Waals surface area contributed by atoms with Crippen molar-refractivity contribution in [2.75, 3.05) is 0 Å². The van der Waals surface area contributed by atoms with Gasteiger partial charge in [-0.15, -0.1) is 11.3 Å². The largest absolute Gasteiger partial charge is 0.416 e. The standard InChI is InChI=1S/C14H12F3NOS/c1-9-5-6-20-12(9)13(19)18-8-10-3-2-4-11(7-10)14(15,16)17/h2-7H,8H2,1H3,(H,18,19). The number of alkyl halides is 3. The van der Waals surface area contributed by atoms with Gasteiger partial charge in [-0.25, -0.2) is 0 Å². The molecule has 2 aromatic rings. The molecule has 1 aromatic heterocycles. The summed E-state index contributed by atoms with van der Waals surface area (Å²) < 4.78 is 37.7. The first-order valence-corrected chi connectivity index (χ1v) is 6.74. The summed E-state index contributed by atoms with van der Waals surface area (Å²) >= 11 is 1.31. The fourth-order valence-electron chi connectivity index (χ4n) is 1.73. The highest BCUT2D eigenvalue weighted by atomic mass is 32.1. The van der Waals surface area contributed by atoms with Crippen LogP contribution in [0.3, 0.4) is 0 Å². The van der Waals surface area contributed by atoms with E-state index in [1.165, 1.54) is 17.4 Å². The van der Waals surface area contributed by atoms with Crippen molar-refractivity contribution in [3.8, 4) is 0 Å². The highest BCUT2D eigenvalue weighted by molar-refractivity contribution is 7.12. The van der Waals surface area contributed by atoms with Gasteiger partial charge in [0, 0.05) is 6.54 Å². The van der Waals surface area contributed by atoms with Crippen LogP contribution in [0.1, 0.15) is 26.4 Å². The lowest BCUT2D eigenvalue weighted by atomic mass is 10.1. The van der Waals surface area contributed by atoms with Crippen molar-refractivity contribution in [3.63, 3.8) is 0 Å². The van der Waals surface area contributed by atoms with E-state index in [0.29, 0.717) is 10.4 Å². The first-order valence-electron chi connectivity index (χ1n) is 5.86. The van der Waals surface area contributed by atoms with Crippen molar-refractivity contribution in [1.29, 1.82) is 0 Å². The maximum atomic E-state index is 12.6. The maximum absolute atomic E-state index is 12.6. The Morgan fingerprint density at radius 3 is 2.65 bits per heavy atom. The average molecular weight is 299 g/mol. The van der Waals surface area contributed by atoms with E-state index in [1.54, 1.807) is 11.4 Å². The Morgan fingerprint density at radius 1 is 1.30 bits per heavy atom. The summed E-state index contributed by atoms with van der Waals surface area (Å²) in [5.41, 5.74) is 0.565. The van der Waals surface area contributed by atoms with Gasteiger partial charge in [0.05, 0.1) is 10.4 Å². The lowest BCUT2D eigenvalue weighted by molar-refractivity contribution is -0.137. The van der Waals surface area contributed by atoms with Crippen LogP contribution in [0.2, 0.25) is 0 Å². The molecule has 0 aliphatic rings. The van der Waals surface area contributed by atoms with Gasteiger partial charge < -0.3 is 5.32 Å². The molecule has 2 rings (SSSR count). The molecule has 0 spiro atoms. The molecule has 0 unspecified atom stereocenters. The molecule has 0 atom stereocenters. The number of aryl methyl sites for hydroxylation is 1. The average Bonchev–Trinajstić information content (AvgIpc) is 2.82. The predicted octanol–water partition coefficient (Wildman–Crippen LogP) is 4.01. The van der Waals surface area contributed by atoms with E-state index in [1.807, 2.05) is 13.0 Å². The molecule has 0 bridgehead atoms. The third-order valence-corrected chi connectivity index (χ3v) is 3.79. The zero-order valence-electron chi connectivity index (χ0n) is 10.6. The zero-order chi connectivity index (χ0) is 14.8. The Balaban J connectivity index is 2.05. The Morgan fingerprint density at radius 2 is 2.05 bits per heavy atom. The number of nitrogens with one attached hydrogen (secondary N) is 1. The van der Waals surface area contributed by atoms with Gasteiger partial charge >= 0.3 is 6.18 Å². The monoisotopic (exact) mass is 299 g/mol. The second-order valence-electron chi connectivity index (χ2n) is 4.31. The first-order chi connectivity index (χ1) is 9.38. The third-order valence-electron chi connectivity index (χ3n) is 2.78. The molecule has 0 saturated heterocycles. The Hall–Kier alpha value is -1.82. The lowest BCUT2D eigenvalue weighted by Crippen LogP contribution is -2.22. The molecular weight excluding hydrogens is 287 g/mol. The van der Waals surface area contributed by atoms with E-state index in [4.69, 9.17) is 0 Å². The Bertz CT molecular complexity index is 619. The van der Waals surface area contributed by atoms with Crippen molar-refractivity contribution in [1.82, 2.24) is 5.32 Å². The summed E-state index contributed by atoms with van der Waals surface area (Å²) in [4.78, 5) is 12.4. The Kier molecular flexibility index (Phi) is 4.13. The number of amides is 1. The summed E-state index contributed by atoms with van der Waals surface area (Å²) in [7, 11) is 0. The second-order valence-corrected chi connectivity index (χ2v) is 5.23. The fourth-order valence-corrected chi connectivity index (χ4v) is 2.57. The van der Waals surface area contributed by atoms with Crippen LogP contribution in [-0.4, -0.2) is 5.91 Å². The summed E-state index contributed by atoms with van der Waals surface area (Å²) in [5, 5.41) is 4.43. The molecule has 0 aliphatic heterocycles. The van der Waals surface area contributed by atoms with Crippen LogP contribution >= 0.6 is 11.3 Å². The fraction of sp³-hybridized carbons (Fsp3) is 0.214. The van der Waals surface area contributed by atoms with Crippen molar-refractivity contribution in [2.45, 2.75) is 19.6 Å². The van der Waals surface area contributed by atoms with E-state index in [2.05, 4.69) is 5.32 Å². The topological polar surface area (TPSA) is 29.1 Å². The van der Waals surface area contributed by atoms with Gasteiger partial charge in [-0.1, -0.05) is 12.1 Å². The highest BCUT2D eigenvalue weighted by Gasteiger charge is 2.30. The minimum Gasteiger partial charge on any atom is -0.347 e. The number of hydrogen-bond donors (Lipinski definition) is 1. The summed E-state index contributed by atoms with van der Waals surface area (Å²) in [6, 6.07) is 6.76. The smallest absolute Gasteiger partial charge is 0.347 e. The van der Waals surface area contributed by atoms with Gasteiger partial charge in [0.2, 0.25) is 0 Å². The second kappa shape index (κ2) is 5.66. The first kappa shape index (κ1) is 14.6. The molecular formula is C14H12F3NOS. The zero-order valence-corrected chi connectivity index (χ0v) is 11.4. The van der Waals surface area contributed by atoms with Gasteiger partial charge in [0.25, 0.3) is 5.91 Å². The molecule has 20 heavy (non-hydrogen) atoms. The number of halogens is 3. The van der Waals surface area contributed by atoms with E-state index in [-0.39, 0.29) is 12.5 Å². The maximum Gasteiger partial charge on any atom is 0.416 e. The molecule has 1 N–H and O–H groups in total. The van der Waals surface area contributed by atoms with Crippen molar-refractivity contribution < 1.29 is 18.0 Å². The molecule has 6 heteroatoms. The van der Waals surface area contributed by atoms with E-state index in [9.17, 15) is 18.0 Å². The third kappa shape index (κ3) is 3.39.